The van der Waals surface area contributed by atoms with Gasteiger partial charge >= 0.3 is 6.16 Å². The van der Waals surface area contributed by atoms with Crippen LogP contribution in [0.3, 0.4) is 0 Å². The lowest BCUT2D eigenvalue weighted by atomic mass is 9.81. The van der Waals surface area contributed by atoms with Gasteiger partial charge in [-0.15, -0.1) is 0 Å². The number of aliphatic hydroxyl groups is 3. The van der Waals surface area contributed by atoms with Crippen molar-refractivity contribution in [3.8, 4) is 0 Å². The number of hydrogen-bond acceptors (Lipinski definition) is 8. The van der Waals surface area contributed by atoms with E-state index in [0.717, 1.165) is 25.6 Å². The predicted molar refractivity (Wildman–Crippen MR) is 123 cm³/mol. The molecule has 190 valence electrons. The quantitative estimate of drug-likeness (QED) is 0.388. The van der Waals surface area contributed by atoms with Gasteiger partial charge < -0.3 is 34.3 Å². The molecule has 2 aliphatic rings. The summed E-state index contributed by atoms with van der Waals surface area (Å²) in [7, 11) is 0. The highest BCUT2D eigenvalue weighted by Gasteiger charge is 2.22. The molecule has 31 heavy (non-hydrogen) atoms. The molecule has 3 N–H and O–H groups in total. The first-order valence-corrected chi connectivity index (χ1v) is 11.7. The Morgan fingerprint density at radius 1 is 0.806 bits per heavy atom. The Bertz CT molecular complexity index is 312. The van der Waals surface area contributed by atoms with Crippen LogP contribution in [0.1, 0.15) is 80.1 Å². The first-order chi connectivity index (χ1) is 14.9. The lowest BCUT2D eigenvalue weighted by Crippen LogP contribution is -2.16. The van der Waals surface area contributed by atoms with Crippen molar-refractivity contribution in [2.24, 2.45) is 11.8 Å². The maximum Gasteiger partial charge on any atom is 0.508 e. The number of aliphatic hydroxyl groups excluding tert-OH is 3. The van der Waals surface area contributed by atoms with Crippen molar-refractivity contribution < 1.29 is 39.1 Å². The van der Waals surface area contributed by atoms with Crippen LogP contribution in [0.25, 0.3) is 0 Å². The largest absolute Gasteiger partial charge is 0.508 e. The Labute approximate surface area is 190 Å². The summed E-state index contributed by atoms with van der Waals surface area (Å²) in [5.41, 5.74) is 0. The van der Waals surface area contributed by atoms with E-state index in [1.165, 1.54) is 32.1 Å². The summed E-state index contributed by atoms with van der Waals surface area (Å²) in [5.74, 6) is 1.59. The maximum atomic E-state index is 10.2. The van der Waals surface area contributed by atoms with Crippen LogP contribution in [0.4, 0.5) is 4.79 Å². The van der Waals surface area contributed by atoms with E-state index >= 15 is 0 Å². The van der Waals surface area contributed by atoms with E-state index in [1.54, 1.807) is 6.92 Å². The average molecular weight is 455 g/mol. The van der Waals surface area contributed by atoms with Crippen LogP contribution in [-0.4, -0.2) is 74.0 Å². The van der Waals surface area contributed by atoms with Gasteiger partial charge in [0.05, 0.1) is 0 Å². The van der Waals surface area contributed by atoms with Gasteiger partial charge in [-0.1, -0.05) is 33.1 Å². The van der Waals surface area contributed by atoms with Gasteiger partial charge in [0.25, 0.3) is 0 Å². The Morgan fingerprint density at radius 2 is 1.29 bits per heavy atom. The van der Waals surface area contributed by atoms with E-state index in [0.29, 0.717) is 25.7 Å². The van der Waals surface area contributed by atoms with Crippen LogP contribution in [0.5, 0.6) is 0 Å². The molecule has 8 heteroatoms. The standard InChI is InChI=1S/C9H18O.C5H8O3.C4H10O.C3H8O2.C2H6O/c1-2-8-3-5-9(7-10)6-4-8;1-2-4-3-7-5(6)8-4;1-3-5-4-2;1-2-5-3-4;1-2-3/h8-10H,2-7H2,1H3;4H,2-3H2,1H3;3-4H2,1-2H3;4H,2-3H2,1H3;3H,2H2,1H3. The SMILES string of the molecule is CCC1CCC(CO)CC1.CCC1COC(=O)O1.CCO.CCOCC.CCOCO. The van der Waals surface area contributed by atoms with Crippen molar-refractivity contribution in [3.05, 3.63) is 0 Å². The minimum absolute atomic E-state index is 0.00231. The third kappa shape index (κ3) is 27.0. The molecule has 1 heterocycles. The Balaban J connectivity index is -0.000000337. The number of ether oxygens (including phenoxy) is 4. The van der Waals surface area contributed by atoms with Crippen LogP contribution < -0.4 is 0 Å². The number of carbonyl (C=O) groups excluding carboxylic acids is 1. The second kappa shape index (κ2) is 29.1. The molecule has 2 rings (SSSR count). The van der Waals surface area contributed by atoms with Gasteiger partial charge in [0.15, 0.2) is 0 Å². The lowest BCUT2D eigenvalue weighted by molar-refractivity contribution is 0.00539. The van der Waals surface area contributed by atoms with E-state index in [-0.39, 0.29) is 19.5 Å². The highest BCUT2D eigenvalue weighted by Crippen LogP contribution is 2.29. The van der Waals surface area contributed by atoms with Crippen LogP contribution in [-0.2, 0) is 18.9 Å². The van der Waals surface area contributed by atoms with E-state index in [4.69, 9.17) is 20.1 Å². The summed E-state index contributed by atoms with van der Waals surface area (Å²) in [6.45, 7) is 14.9. The summed E-state index contributed by atoms with van der Waals surface area (Å²) < 4.78 is 18.4. The zero-order valence-electron chi connectivity index (χ0n) is 20.8. The summed E-state index contributed by atoms with van der Waals surface area (Å²) >= 11 is 0. The van der Waals surface area contributed by atoms with Crippen molar-refractivity contribution in [1.82, 2.24) is 0 Å². The zero-order valence-corrected chi connectivity index (χ0v) is 20.8. The van der Waals surface area contributed by atoms with Crippen LogP contribution in [0.15, 0.2) is 0 Å². The summed E-state index contributed by atoms with van der Waals surface area (Å²) in [6, 6.07) is 0. The predicted octanol–water partition coefficient (Wildman–Crippen LogP) is 4.14. The minimum atomic E-state index is -0.531. The molecule has 0 aromatic rings. The maximum absolute atomic E-state index is 10.2. The van der Waals surface area contributed by atoms with Crippen molar-refractivity contribution in [1.29, 1.82) is 0 Å². The van der Waals surface area contributed by atoms with Gasteiger partial charge in [-0.05, 0) is 58.8 Å². The van der Waals surface area contributed by atoms with Gasteiger partial charge in [-0.3, -0.25) is 0 Å². The first-order valence-electron chi connectivity index (χ1n) is 11.7. The second-order valence-electron chi connectivity index (χ2n) is 6.91. The van der Waals surface area contributed by atoms with E-state index < -0.39 is 6.16 Å². The van der Waals surface area contributed by atoms with Crippen molar-refractivity contribution in [2.45, 2.75) is 86.2 Å². The number of cyclic esters (lactones) is 2. The van der Waals surface area contributed by atoms with Gasteiger partial charge in [-0.2, -0.15) is 0 Å². The van der Waals surface area contributed by atoms with Crippen molar-refractivity contribution in [3.63, 3.8) is 0 Å². The molecule has 1 atom stereocenters. The molecule has 0 aromatic heterocycles. The molecule has 1 saturated heterocycles. The summed E-state index contributed by atoms with van der Waals surface area (Å²) in [6.07, 6.45) is 6.86. The number of carbonyl (C=O) groups is 1. The highest BCUT2D eigenvalue weighted by atomic mass is 16.8. The molecule has 0 aromatic carbocycles. The summed E-state index contributed by atoms with van der Waals surface area (Å²) in [5, 5.41) is 24.3. The Hall–Kier alpha value is -0.930. The summed E-state index contributed by atoms with van der Waals surface area (Å²) in [4.78, 5) is 10.2. The molecule has 0 bridgehead atoms. The number of rotatable bonds is 7. The minimum Gasteiger partial charge on any atom is -0.430 e. The second-order valence-corrected chi connectivity index (χ2v) is 6.91. The molecule has 8 nitrogen and oxygen atoms in total. The molecular formula is C23H50O8. The van der Waals surface area contributed by atoms with E-state index in [2.05, 4.69) is 21.1 Å². The molecule has 1 aliphatic heterocycles. The molecule has 1 unspecified atom stereocenters. The molecular weight excluding hydrogens is 404 g/mol. The fourth-order valence-electron chi connectivity index (χ4n) is 2.68. The lowest BCUT2D eigenvalue weighted by Gasteiger charge is -2.26. The van der Waals surface area contributed by atoms with E-state index in [9.17, 15) is 4.79 Å². The fourth-order valence-corrected chi connectivity index (χ4v) is 2.68. The first kappa shape index (κ1) is 34.7. The van der Waals surface area contributed by atoms with Gasteiger partial charge in [0.1, 0.15) is 19.5 Å². The third-order valence-corrected chi connectivity index (χ3v) is 4.61. The molecule has 1 aliphatic carbocycles. The smallest absolute Gasteiger partial charge is 0.430 e. The monoisotopic (exact) mass is 454 g/mol. The van der Waals surface area contributed by atoms with Gasteiger partial charge in [-0.25, -0.2) is 4.79 Å². The molecule has 0 amide bonds. The van der Waals surface area contributed by atoms with Crippen LogP contribution in [0.2, 0.25) is 0 Å². The Morgan fingerprint density at radius 3 is 1.48 bits per heavy atom. The van der Waals surface area contributed by atoms with Crippen molar-refractivity contribution >= 4 is 6.16 Å². The molecule has 2 fully saturated rings. The van der Waals surface area contributed by atoms with Crippen molar-refractivity contribution in [2.75, 3.05) is 46.4 Å². The average Bonchev–Trinajstić information content (AvgIpc) is 3.22. The number of hydrogen-bond donors (Lipinski definition) is 3. The van der Waals surface area contributed by atoms with Crippen LogP contribution in [0, 0.1) is 11.8 Å². The molecule has 1 saturated carbocycles. The topological polar surface area (TPSA) is 115 Å². The Kier molecular flexibility index (Phi) is 32.5. The third-order valence-electron chi connectivity index (χ3n) is 4.61. The van der Waals surface area contributed by atoms with Crippen LogP contribution >= 0.6 is 0 Å². The van der Waals surface area contributed by atoms with Gasteiger partial charge in [0.2, 0.25) is 0 Å². The highest BCUT2D eigenvalue weighted by molar-refractivity contribution is 5.61. The zero-order chi connectivity index (χ0) is 24.3. The molecule has 0 spiro atoms. The van der Waals surface area contributed by atoms with Gasteiger partial charge in [0, 0.05) is 33.0 Å². The fraction of sp³-hybridized carbons (Fsp3) is 0.957. The molecule has 0 radical (unpaired) electrons. The normalized spacial score (nSPS) is 21.3. The van der Waals surface area contributed by atoms with E-state index in [1.807, 2.05) is 27.7 Å².